The van der Waals surface area contributed by atoms with E-state index in [0.29, 0.717) is 23.8 Å². The van der Waals surface area contributed by atoms with Gasteiger partial charge in [0.25, 0.3) is 5.91 Å². The van der Waals surface area contributed by atoms with Crippen LogP contribution in [0.2, 0.25) is 10.0 Å². The number of rotatable bonds is 7. The number of hydrogen-bond donors (Lipinski definition) is 2. The largest absolute Gasteiger partial charge is 0.484 e. The van der Waals surface area contributed by atoms with Gasteiger partial charge in [0.05, 0.1) is 10.0 Å². The second-order valence-electron chi connectivity index (χ2n) is 8.34. The van der Waals surface area contributed by atoms with Crippen molar-refractivity contribution in [3.63, 3.8) is 0 Å². The van der Waals surface area contributed by atoms with Gasteiger partial charge in [-0.3, -0.25) is 9.59 Å². The predicted octanol–water partition coefficient (Wildman–Crippen LogP) is 4.50. The molecule has 2 N–H and O–H groups in total. The van der Waals surface area contributed by atoms with Crippen LogP contribution in [0.1, 0.15) is 24.8 Å². The van der Waals surface area contributed by atoms with Gasteiger partial charge in [-0.1, -0.05) is 29.3 Å². The van der Waals surface area contributed by atoms with Crippen LogP contribution in [-0.2, 0) is 16.1 Å². The first-order valence-electron chi connectivity index (χ1n) is 10.4. The van der Waals surface area contributed by atoms with E-state index in [2.05, 4.69) is 10.6 Å². The molecule has 1 unspecified atom stereocenters. The number of benzene rings is 2. The summed E-state index contributed by atoms with van der Waals surface area (Å²) < 4.78 is 32.4. The Morgan fingerprint density at radius 2 is 1.66 bits per heavy atom. The molecule has 0 heterocycles. The smallest absolute Gasteiger partial charge is 0.258 e. The molecule has 3 fully saturated rings. The molecule has 2 aromatic rings. The van der Waals surface area contributed by atoms with Gasteiger partial charge in [-0.2, -0.15) is 0 Å². The molecule has 5 rings (SSSR count). The van der Waals surface area contributed by atoms with E-state index in [1.54, 1.807) is 6.07 Å². The van der Waals surface area contributed by atoms with Gasteiger partial charge in [0, 0.05) is 24.6 Å². The first-order valence-corrected chi connectivity index (χ1v) is 11.1. The van der Waals surface area contributed by atoms with Crippen molar-refractivity contribution in [2.24, 2.45) is 17.8 Å². The zero-order chi connectivity index (χ0) is 22.8. The molecule has 0 saturated heterocycles. The Balaban J connectivity index is 1.27. The summed E-state index contributed by atoms with van der Waals surface area (Å²) in [6, 6.07) is 8.28. The lowest BCUT2D eigenvalue weighted by Gasteiger charge is -2.50. The fraction of sp³-hybridized carbons (Fsp3) is 0.391. The molecule has 2 atom stereocenters. The topological polar surface area (TPSA) is 67.4 Å². The quantitative estimate of drug-likeness (QED) is 0.610. The Hall–Kier alpha value is -2.38. The average molecular weight is 483 g/mol. The van der Waals surface area contributed by atoms with Crippen molar-refractivity contribution < 1.29 is 23.1 Å². The Labute approximate surface area is 194 Å². The van der Waals surface area contributed by atoms with Crippen LogP contribution in [0.15, 0.2) is 36.4 Å². The Bertz CT molecular complexity index is 1030. The molecular formula is C23H22Cl2F2N2O3. The van der Waals surface area contributed by atoms with Crippen molar-refractivity contribution in [3.8, 4) is 5.75 Å². The third-order valence-electron chi connectivity index (χ3n) is 6.25. The van der Waals surface area contributed by atoms with Gasteiger partial charge in [0.15, 0.2) is 6.61 Å². The Morgan fingerprint density at radius 1 is 0.969 bits per heavy atom. The first kappa shape index (κ1) is 22.8. The van der Waals surface area contributed by atoms with Crippen LogP contribution in [0, 0.1) is 29.4 Å². The first-order chi connectivity index (χ1) is 15.3. The number of amides is 2. The van der Waals surface area contributed by atoms with E-state index in [9.17, 15) is 18.4 Å². The molecule has 9 heteroatoms. The molecule has 0 spiro atoms. The van der Waals surface area contributed by atoms with Crippen LogP contribution in [0.3, 0.4) is 0 Å². The van der Waals surface area contributed by atoms with E-state index in [-0.39, 0.29) is 52.7 Å². The zero-order valence-electron chi connectivity index (χ0n) is 17.0. The summed E-state index contributed by atoms with van der Waals surface area (Å²) in [5.74, 6) is -0.937. The number of carbonyl (C=O) groups is 2. The highest BCUT2D eigenvalue weighted by atomic mass is 35.5. The second kappa shape index (κ2) is 9.63. The third-order valence-corrected chi connectivity index (χ3v) is 6.86. The maximum Gasteiger partial charge on any atom is 0.258 e. The second-order valence-corrected chi connectivity index (χ2v) is 9.15. The van der Waals surface area contributed by atoms with Gasteiger partial charge < -0.3 is 15.4 Å². The van der Waals surface area contributed by atoms with Crippen LogP contribution in [0.4, 0.5) is 8.78 Å². The van der Waals surface area contributed by atoms with Crippen LogP contribution < -0.4 is 15.4 Å². The minimum absolute atomic E-state index is 0.0194. The van der Waals surface area contributed by atoms with Crippen LogP contribution >= 0.6 is 23.2 Å². The molecule has 2 amide bonds. The van der Waals surface area contributed by atoms with Crippen LogP contribution in [0.25, 0.3) is 0 Å². The molecule has 3 aliphatic carbocycles. The van der Waals surface area contributed by atoms with Crippen molar-refractivity contribution in [3.05, 3.63) is 63.6 Å². The van der Waals surface area contributed by atoms with Gasteiger partial charge in [-0.15, -0.1) is 0 Å². The summed E-state index contributed by atoms with van der Waals surface area (Å²) in [6.07, 6.45) is 2.29. The summed E-state index contributed by atoms with van der Waals surface area (Å²) in [5.41, 5.74) is 0.628. The summed E-state index contributed by atoms with van der Waals surface area (Å²) in [7, 11) is 0. The lowest BCUT2D eigenvalue weighted by molar-refractivity contribution is -0.136. The molecule has 3 saturated carbocycles. The van der Waals surface area contributed by atoms with E-state index in [1.807, 2.05) is 0 Å². The summed E-state index contributed by atoms with van der Waals surface area (Å²) in [6.45, 7) is -0.0468. The van der Waals surface area contributed by atoms with E-state index in [4.69, 9.17) is 27.9 Å². The van der Waals surface area contributed by atoms with Gasteiger partial charge in [0.1, 0.15) is 17.4 Å². The molecule has 0 aromatic heterocycles. The Morgan fingerprint density at radius 3 is 2.34 bits per heavy atom. The minimum Gasteiger partial charge on any atom is -0.484 e. The zero-order valence-corrected chi connectivity index (χ0v) is 18.6. The molecule has 170 valence electrons. The number of fused-ring (bicyclic) bond motifs is 2. The highest BCUT2D eigenvalue weighted by Gasteiger charge is 2.48. The van der Waals surface area contributed by atoms with Gasteiger partial charge in [-0.25, -0.2) is 8.78 Å². The fourth-order valence-corrected chi connectivity index (χ4v) is 4.69. The molecule has 32 heavy (non-hydrogen) atoms. The summed E-state index contributed by atoms with van der Waals surface area (Å²) in [4.78, 5) is 25.1. The molecule has 5 nitrogen and oxygen atoms in total. The van der Waals surface area contributed by atoms with Gasteiger partial charge >= 0.3 is 0 Å². The molecule has 0 radical (unpaired) electrons. The number of hydrogen-bond acceptors (Lipinski definition) is 3. The molecule has 2 aromatic carbocycles. The standard InChI is InChI=1S/C23H22Cl2F2N2O3/c24-17-3-1-12(5-19(17)26)10-28-23(31)16-9-21(14-6-13(16)7-14)29-22(30)11-32-15-2-4-18(25)20(27)8-15/h1-5,8,13-14,16,21H,6-7,9-11H2,(H,28,31)(H,29,30)/t13?,14?,16-,21?/m1/s1. The van der Waals surface area contributed by atoms with Crippen molar-refractivity contribution >= 4 is 35.0 Å². The van der Waals surface area contributed by atoms with Gasteiger partial charge in [0.2, 0.25) is 5.91 Å². The third kappa shape index (κ3) is 5.15. The van der Waals surface area contributed by atoms with E-state index >= 15 is 0 Å². The van der Waals surface area contributed by atoms with Crippen molar-refractivity contribution in [2.45, 2.75) is 31.8 Å². The molecule has 3 aliphatic rings. The highest BCUT2D eigenvalue weighted by molar-refractivity contribution is 6.31. The van der Waals surface area contributed by atoms with Crippen molar-refractivity contribution in [1.29, 1.82) is 0 Å². The predicted molar refractivity (Wildman–Crippen MR) is 116 cm³/mol. The van der Waals surface area contributed by atoms with E-state index in [1.165, 1.54) is 24.3 Å². The maximum absolute atomic E-state index is 13.6. The number of carbonyl (C=O) groups excluding carboxylic acids is 2. The fourth-order valence-electron chi connectivity index (χ4n) is 4.46. The average Bonchev–Trinajstić information content (AvgIpc) is 2.74. The number of nitrogens with one attached hydrogen (secondary N) is 2. The molecule has 0 aliphatic heterocycles. The van der Waals surface area contributed by atoms with E-state index in [0.717, 1.165) is 18.9 Å². The van der Waals surface area contributed by atoms with Crippen molar-refractivity contribution in [2.75, 3.05) is 6.61 Å². The highest BCUT2D eigenvalue weighted by Crippen LogP contribution is 2.49. The van der Waals surface area contributed by atoms with Gasteiger partial charge in [-0.05, 0) is 60.9 Å². The normalized spacial score (nSPS) is 23.8. The minimum atomic E-state index is -0.618. The van der Waals surface area contributed by atoms with Crippen molar-refractivity contribution in [1.82, 2.24) is 10.6 Å². The summed E-state index contributed by atoms with van der Waals surface area (Å²) in [5, 5.41) is 5.83. The SMILES string of the molecule is O=C(COc1ccc(Cl)c(F)c1)NC1C[C@@H](C(=O)NCc2ccc(Cl)c(F)c2)C2CC1C2. The van der Waals surface area contributed by atoms with Crippen LogP contribution in [0.5, 0.6) is 5.75 Å². The lowest BCUT2D eigenvalue weighted by Crippen LogP contribution is -2.56. The van der Waals surface area contributed by atoms with E-state index < -0.39 is 11.6 Å². The molecule has 2 bridgehead atoms. The maximum atomic E-state index is 13.6. The lowest BCUT2D eigenvalue weighted by atomic mass is 9.57. The molecular weight excluding hydrogens is 461 g/mol. The number of ether oxygens (including phenoxy) is 1. The number of halogens is 4. The monoisotopic (exact) mass is 482 g/mol. The van der Waals surface area contributed by atoms with Crippen LogP contribution in [-0.4, -0.2) is 24.5 Å². The Kier molecular flexibility index (Phi) is 6.86. The summed E-state index contributed by atoms with van der Waals surface area (Å²) >= 11 is 11.3.